The van der Waals surface area contributed by atoms with Crippen molar-refractivity contribution in [2.45, 2.75) is 0 Å². The van der Waals surface area contributed by atoms with Gasteiger partial charge < -0.3 is 76.6 Å². The first-order valence-electron chi connectivity index (χ1n) is 2.74. The van der Waals surface area contributed by atoms with Crippen molar-refractivity contribution in [2.24, 2.45) is 0 Å². The van der Waals surface area contributed by atoms with Crippen LogP contribution in [0.15, 0.2) is 0 Å². The summed E-state index contributed by atoms with van der Waals surface area (Å²) in [6.45, 7) is 0. The molecule has 22 heteroatoms. The van der Waals surface area contributed by atoms with E-state index in [1.54, 1.807) is 0 Å². The van der Waals surface area contributed by atoms with Gasteiger partial charge in [0.25, 0.3) is 0 Å². The van der Waals surface area contributed by atoms with E-state index in [0.29, 0.717) is 0 Å². The molecular weight excluding hydrogens is 377 g/mol. The summed E-state index contributed by atoms with van der Waals surface area (Å²) in [4.78, 5) is 41.2. The van der Waals surface area contributed by atoms with Crippen LogP contribution in [-0.2, 0) is 0 Å². The van der Waals surface area contributed by atoms with Gasteiger partial charge in [-0.15, -0.1) is 0 Å². The van der Waals surface area contributed by atoms with Crippen molar-refractivity contribution in [3.8, 4) is 0 Å². The predicted molar refractivity (Wildman–Crippen MR) is 57.6 cm³/mol. The molecule has 0 fully saturated rings. The van der Waals surface area contributed by atoms with Gasteiger partial charge in [-0.3, -0.25) is 0 Å². The standard InChI is InChI=1S/K.5NO3.Si/c;5*2-1(3)4;/q+1;5*-1;+4. The molecule has 0 aliphatic rings. The molecule has 0 unspecified atom stereocenters. The minimum absolute atomic E-state index is 0. The Morgan fingerprint density at radius 3 is 0.364 bits per heavy atom. The van der Waals surface area contributed by atoms with Crippen LogP contribution in [0.1, 0.15) is 0 Å². The molecule has 0 aromatic rings. The molecule has 0 amide bonds. The smallest absolute Gasteiger partial charge is 0.356 e. The van der Waals surface area contributed by atoms with E-state index in [2.05, 4.69) is 0 Å². The molecule has 0 N–H and O–H groups in total. The summed E-state index contributed by atoms with van der Waals surface area (Å²) >= 11 is 0. The molecule has 0 atom stereocenters. The molecule has 0 saturated carbocycles. The summed E-state index contributed by atoms with van der Waals surface area (Å²) in [6.07, 6.45) is 0. The van der Waals surface area contributed by atoms with E-state index in [1.165, 1.54) is 0 Å². The zero-order chi connectivity index (χ0) is 17.9. The van der Waals surface area contributed by atoms with Crippen molar-refractivity contribution in [2.75, 3.05) is 0 Å². The first kappa shape index (κ1) is 42.7. The number of hydrogen-bond acceptors (Lipinski definition) is 15. The molecule has 0 heterocycles. The van der Waals surface area contributed by atoms with Crippen molar-refractivity contribution in [1.29, 1.82) is 0 Å². The Labute approximate surface area is 163 Å². The van der Waals surface area contributed by atoms with Gasteiger partial charge in [0.1, 0.15) is 0 Å². The topological polar surface area (TPSA) is 331 Å². The van der Waals surface area contributed by atoms with E-state index in [4.69, 9.17) is 76.6 Å². The monoisotopic (exact) mass is 377 g/mol. The minimum atomic E-state index is -1.75. The molecule has 0 aromatic carbocycles. The van der Waals surface area contributed by atoms with Gasteiger partial charge in [0.15, 0.2) is 0 Å². The molecule has 22 heavy (non-hydrogen) atoms. The van der Waals surface area contributed by atoms with Crippen LogP contribution in [0.4, 0.5) is 0 Å². The summed E-state index contributed by atoms with van der Waals surface area (Å²) in [6, 6.07) is 0. The predicted octanol–water partition coefficient (Wildman–Crippen LogP) is -4.57. The summed E-state index contributed by atoms with van der Waals surface area (Å²) in [5, 5.41) is 73.8. The Morgan fingerprint density at radius 2 is 0.364 bits per heavy atom. The van der Waals surface area contributed by atoms with Crippen LogP contribution in [0.2, 0.25) is 0 Å². The van der Waals surface area contributed by atoms with E-state index in [-0.39, 0.29) is 62.3 Å². The van der Waals surface area contributed by atoms with Crippen LogP contribution in [0, 0.1) is 76.6 Å². The average molecular weight is 377 g/mol. The van der Waals surface area contributed by atoms with Crippen LogP contribution in [0.3, 0.4) is 0 Å². The maximum Gasteiger partial charge on any atom is 4.00 e. The van der Waals surface area contributed by atoms with Crippen LogP contribution >= 0.6 is 0 Å². The quantitative estimate of drug-likeness (QED) is 0.217. The molecule has 20 nitrogen and oxygen atoms in total. The Bertz CT molecular complexity index is 213. The zero-order valence-corrected chi connectivity index (χ0v) is 14.0. The van der Waals surface area contributed by atoms with E-state index >= 15 is 0 Å². The number of hydrogen-bond donors (Lipinski definition) is 0. The minimum Gasteiger partial charge on any atom is -0.356 e. The Kier molecular flexibility index (Phi) is 70.6. The van der Waals surface area contributed by atoms with Crippen LogP contribution in [-0.4, -0.2) is 36.4 Å². The van der Waals surface area contributed by atoms with Gasteiger partial charge in [-0.1, -0.05) is 0 Å². The average Bonchev–Trinajstić information content (AvgIpc) is 1.94. The molecule has 0 radical (unpaired) electrons. The fourth-order valence-electron chi connectivity index (χ4n) is 0. The van der Waals surface area contributed by atoms with Crippen molar-refractivity contribution in [1.82, 2.24) is 0 Å². The molecule has 0 aromatic heterocycles. The Hall–Kier alpha value is -2.15. The van der Waals surface area contributed by atoms with Gasteiger partial charge in [-0.25, -0.2) is 0 Å². The second-order valence-corrected chi connectivity index (χ2v) is 1.12. The third-order valence-corrected chi connectivity index (χ3v) is 0. The Morgan fingerprint density at radius 1 is 0.364 bits per heavy atom. The number of rotatable bonds is 0. The van der Waals surface area contributed by atoms with E-state index in [1.807, 2.05) is 0 Å². The molecule has 0 bridgehead atoms. The summed E-state index contributed by atoms with van der Waals surface area (Å²) < 4.78 is 0. The van der Waals surface area contributed by atoms with Crippen molar-refractivity contribution < 1.29 is 76.8 Å². The maximum absolute atomic E-state index is 8.25. The molecule has 0 aliphatic carbocycles. The molecule has 0 aliphatic heterocycles. The van der Waals surface area contributed by atoms with Crippen molar-refractivity contribution >= 4 is 11.0 Å². The summed E-state index contributed by atoms with van der Waals surface area (Å²) in [7, 11) is 0. The van der Waals surface area contributed by atoms with Crippen LogP contribution < -0.4 is 51.4 Å². The van der Waals surface area contributed by atoms with Crippen molar-refractivity contribution in [3.05, 3.63) is 76.6 Å². The van der Waals surface area contributed by atoms with E-state index in [0.717, 1.165) is 0 Å². The molecule has 120 valence electrons. The summed E-state index contributed by atoms with van der Waals surface area (Å²) in [5.41, 5.74) is 0. The van der Waals surface area contributed by atoms with Crippen molar-refractivity contribution in [3.63, 3.8) is 0 Å². The third kappa shape index (κ3) is 1100. The fourth-order valence-corrected chi connectivity index (χ4v) is 0. The van der Waals surface area contributed by atoms with Gasteiger partial charge >= 0.3 is 62.3 Å². The first-order chi connectivity index (χ1) is 8.66. The number of nitrogens with zero attached hydrogens (tertiary/aromatic N) is 5. The van der Waals surface area contributed by atoms with E-state index in [9.17, 15) is 0 Å². The second kappa shape index (κ2) is 36.4. The maximum atomic E-state index is 8.25. The zero-order valence-electron chi connectivity index (χ0n) is 9.86. The first-order valence-corrected chi connectivity index (χ1v) is 2.74. The van der Waals surface area contributed by atoms with Crippen LogP contribution in [0.25, 0.3) is 0 Å². The summed E-state index contributed by atoms with van der Waals surface area (Å²) in [5.74, 6) is 0. The van der Waals surface area contributed by atoms with Gasteiger partial charge in [-0.05, 0) is 0 Å². The van der Waals surface area contributed by atoms with Gasteiger partial charge in [0.05, 0.1) is 25.4 Å². The SMILES string of the molecule is O=[N+]([O-])[O-].O=[N+]([O-])[O-].O=[N+]([O-])[O-].O=[N+]([O-])[O-].O=[N+]([O-])[O-].[K+].[Si+4]. The molecule has 0 saturated heterocycles. The van der Waals surface area contributed by atoms with Gasteiger partial charge in [0, 0.05) is 0 Å². The van der Waals surface area contributed by atoms with E-state index < -0.39 is 25.4 Å². The van der Waals surface area contributed by atoms with Gasteiger partial charge in [0.2, 0.25) is 0 Å². The van der Waals surface area contributed by atoms with Gasteiger partial charge in [-0.2, -0.15) is 0 Å². The Balaban J connectivity index is -0.0000000250. The third-order valence-electron chi connectivity index (χ3n) is 0. The van der Waals surface area contributed by atoms with Crippen LogP contribution in [0.5, 0.6) is 0 Å². The fraction of sp³-hybridized carbons (Fsp3) is 0. The largest absolute Gasteiger partial charge is 4.00 e. The molecular formula is KN5O15Si. The molecule has 0 rings (SSSR count). The second-order valence-electron chi connectivity index (χ2n) is 1.12. The molecule has 0 spiro atoms. The normalized spacial score (nSPS) is 5.45.